The van der Waals surface area contributed by atoms with Gasteiger partial charge in [0.05, 0.1) is 30.5 Å². The van der Waals surface area contributed by atoms with Gasteiger partial charge in [-0.1, -0.05) is 19.1 Å². The minimum atomic E-state index is -0.520. The van der Waals surface area contributed by atoms with Crippen LogP contribution in [0.4, 0.5) is 0 Å². The maximum absolute atomic E-state index is 12.4. The summed E-state index contributed by atoms with van der Waals surface area (Å²) in [5.41, 5.74) is 1.38. The first-order chi connectivity index (χ1) is 10.6. The van der Waals surface area contributed by atoms with E-state index in [-0.39, 0.29) is 11.8 Å². The predicted molar refractivity (Wildman–Crippen MR) is 82.5 cm³/mol. The molecule has 6 nitrogen and oxygen atoms in total. The SMILES string of the molecule is C[C@@H](CNC(=O)c1cccc2cn[nH]c12)CC1(C)OCCO1. The second kappa shape index (κ2) is 6.06. The predicted octanol–water partition coefficient (Wildman–Crippen LogP) is 2.08. The van der Waals surface area contributed by atoms with E-state index >= 15 is 0 Å². The lowest BCUT2D eigenvalue weighted by Gasteiger charge is -2.26. The number of aromatic amines is 1. The Bertz CT molecular complexity index is 661. The van der Waals surface area contributed by atoms with E-state index in [0.717, 1.165) is 17.3 Å². The number of hydrogen-bond acceptors (Lipinski definition) is 4. The average molecular weight is 303 g/mol. The summed E-state index contributed by atoms with van der Waals surface area (Å²) < 4.78 is 11.2. The van der Waals surface area contributed by atoms with Crippen molar-refractivity contribution in [2.45, 2.75) is 26.1 Å². The van der Waals surface area contributed by atoms with Gasteiger partial charge in [0, 0.05) is 18.4 Å². The van der Waals surface area contributed by atoms with Gasteiger partial charge < -0.3 is 14.8 Å². The first-order valence-electron chi connectivity index (χ1n) is 7.56. The summed E-state index contributed by atoms with van der Waals surface area (Å²) in [5, 5.41) is 10.8. The van der Waals surface area contributed by atoms with E-state index in [1.54, 1.807) is 12.3 Å². The lowest BCUT2D eigenvalue weighted by Crippen LogP contribution is -2.34. The van der Waals surface area contributed by atoms with Crippen molar-refractivity contribution in [3.63, 3.8) is 0 Å². The Hall–Kier alpha value is -1.92. The number of nitrogens with one attached hydrogen (secondary N) is 2. The lowest BCUT2D eigenvalue weighted by atomic mass is 10.0. The third kappa shape index (κ3) is 3.13. The molecule has 2 N–H and O–H groups in total. The van der Waals surface area contributed by atoms with E-state index < -0.39 is 5.79 Å². The van der Waals surface area contributed by atoms with Crippen LogP contribution in [0, 0.1) is 5.92 Å². The summed E-state index contributed by atoms with van der Waals surface area (Å²) in [4.78, 5) is 12.4. The highest BCUT2D eigenvalue weighted by Gasteiger charge is 2.32. The van der Waals surface area contributed by atoms with E-state index in [2.05, 4.69) is 22.4 Å². The summed E-state index contributed by atoms with van der Waals surface area (Å²) in [6, 6.07) is 5.58. The maximum Gasteiger partial charge on any atom is 0.253 e. The maximum atomic E-state index is 12.4. The van der Waals surface area contributed by atoms with Gasteiger partial charge in [0.2, 0.25) is 0 Å². The molecule has 1 amide bonds. The van der Waals surface area contributed by atoms with Gasteiger partial charge in [0.25, 0.3) is 5.91 Å². The fraction of sp³-hybridized carbons (Fsp3) is 0.500. The Balaban J connectivity index is 1.59. The van der Waals surface area contributed by atoms with Crippen LogP contribution in [-0.2, 0) is 9.47 Å². The molecule has 3 rings (SSSR count). The van der Waals surface area contributed by atoms with Gasteiger partial charge in [-0.3, -0.25) is 9.89 Å². The molecule has 0 saturated carbocycles. The van der Waals surface area contributed by atoms with Crippen LogP contribution >= 0.6 is 0 Å². The molecule has 0 aliphatic carbocycles. The Morgan fingerprint density at radius 3 is 3.00 bits per heavy atom. The number of ether oxygens (including phenoxy) is 2. The van der Waals surface area contributed by atoms with E-state index in [9.17, 15) is 4.79 Å². The van der Waals surface area contributed by atoms with Crippen LogP contribution in [0.5, 0.6) is 0 Å². The number of aromatic nitrogens is 2. The average Bonchev–Trinajstić information content (AvgIpc) is 3.13. The topological polar surface area (TPSA) is 76.2 Å². The number of H-pyrrole nitrogens is 1. The zero-order chi connectivity index (χ0) is 15.6. The second-order valence-corrected chi connectivity index (χ2v) is 5.99. The second-order valence-electron chi connectivity index (χ2n) is 5.99. The molecule has 1 aromatic heterocycles. The number of fused-ring (bicyclic) bond motifs is 1. The monoisotopic (exact) mass is 303 g/mol. The van der Waals surface area contributed by atoms with E-state index in [1.807, 2.05) is 19.1 Å². The number of benzene rings is 1. The molecule has 0 unspecified atom stereocenters. The van der Waals surface area contributed by atoms with Crippen LogP contribution in [0.25, 0.3) is 10.9 Å². The molecule has 1 fully saturated rings. The molecule has 6 heteroatoms. The van der Waals surface area contributed by atoms with Gasteiger partial charge in [-0.15, -0.1) is 0 Å². The Labute approximate surface area is 129 Å². The molecule has 0 spiro atoms. The zero-order valence-electron chi connectivity index (χ0n) is 12.9. The highest BCUT2D eigenvalue weighted by Crippen LogP contribution is 2.26. The number of amides is 1. The molecule has 1 atom stereocenters. The molecule has 1 aliphatic heterocycles. The first-order valence-corrected chi connectivity index (χ1v) is 7.56. The van der Waals surface area contributed by atoms with Gasteiger partial charge in [0.1, 0.15) is 0 Å². The Kier molecular flexibility index (Phi) is 4.13. The first kappa shape index (κ1) is 15.0. The fourth-order valence-electron chi connectivity index (χ4n) is 2.90. The van der Waals surface area contributed by atoms with Crippen molar-refractivity contribution in [3.05, 3.63) is 30.0 Å². The smallest absolute Gasteiger partial charge is 0.253 e. The summed E-state index contributed by atoms with van der Waals surface area (Å²) >= 11 is 0. The summed E-state index contributed by atoms with van der Waals surface area (Å²) in [6.45, 7) is 5.87. The third-order valence-electron chi connectivity index (χ3n) is 3.95. The summed E-state index contributed by atoms with van der Waals surface area (Å²) in [6.07, 6.45) is 2.46. The molecule has 2 heterocycles. The molecule has 118 valence electrons. The summed E-state index contributed by atoms with van der Waals surface area (Å²) in [5.74, 6) is -0.360. The molecular weight excluding hydrogens is 282 g/mol. The standard InChI is InChI=1S/C16H21N3O3/c1-11(8-16(2)21-6-7-22-16)9-17-15(20)13-5-3-4-12-10-18-19-14(12)13/h3-5,10-11H,6-9H2,1-2H3,(H,17,20)(H,18,19)/t11-/m1/s1. The van der Waals surface area contributed by atoms with E-state index in [4.69, 9.17) is 9.47 Å². The van der Waals surface area contributed by atoms with Crippen LogP contribution in [0.1, 0.15) is 30.6 Å². The minimum absolute atomic E-state index is 0.0971. The highest BCUT2D eigenvalue weighted by molar-refractivity contribution is 6.05. The van der Waals surface area contributed by atoms with Gasteiger partial charge in [-0.05, 0) is 18.9 Å². The van der Waals surface area contributed by atoms with Gasteiger partial charge in [-0.2, -0.15) is 5.10 Å². The number of para-hydroxylation sites is 1. The van der Waals surface area contributed by atoms with Gasteiger partial charge >= 0.3 is 0 Å². The number of carbonyl (C=O) groups excluding carboxylic acids is 1. The van der Waals surface area contributed by atoms with E-state index in [0.29, 0.717) is 25.3 Å². The zero-order valence-corrected chi connectivity index (χ0v) is 12.9. The third-order valence-corrected chi connectivity index (χ3v) is 3.95. The van der Waals surface area contributed by atoms with Crippen molar-refractivity contribution < 1.29 is 14.3 Å². The van der Waals surface area contributed by atoms with Gasteiger partial charge in [0.15, 0.2) is 5.79 Å². The normalized spacial score (nSPS) is 18.5. The molecule has 22 heavy (non-hydrogen) atoms. The minimum Gasteiger partial charge on any atom is -0.352 e. The fourth-order valence-corrected chi connectivity index (χ4v) is 2.90. The molecule has 1 aromatic carbocycles. The molecule has 0 bridgehead atoms. The molecule has 0 radical (unpaired) electrons. The van der Waals surface area contributed by atoms with Gasteiger partial charge in [-0.25, -0.2) is 0 Å². The molecule has 1 aliphatic rings. The largest absolute Gasteiger partial charge is 0.352 e. The number of hydrogen-bond donors (Lipinski definition) is 2. The van der Waals surface area contributed by atoms with Crippen molar-refractivity contribution in [3.8, 4) is 0 Å². The van der Waals surface area contributed by atoms with Crippen LogP contribution in [0.3, 0.4) is 0 Å². The number of carbonyl (C=O) groups is 1. The van der Waals surface area contributed by atoms with Crippen molar-refractivity contribution in [1.82, 2.24) is 15.5 Å². The summed E-state index contributed by atoms with van der Waals surface area (Å²) in [7, 11) is 0. The number of rotatable bonds is 5. The van der Waals surface area contributed by atoms with Crippen LogP contribution in [0.15, 0.2) is 24.4 Å². The van der Waals surface area contributed by atoms with Crippen LogP contribution in [-0.4, -0.2) is 41.7 Å². The van der Waals surface area contributed by atoms with Crippen molar-refractivity contribution in [2.24, 2.45) is 5.92 Å². The Morgan fingerprint density at radius 1 is 1.45 bits per heavy atom. The van der Waals surface area contributed by atoms with Crippen molar-refractivity contribution in [2.75, 3.05) is 19.8 Å². The molecule has 1 saturated heterocycles. The van der Waals surface area contributed by atoms with Crippen molar-refractivity contribution in [1.29, 1.82) is 0 Å². The van der Waals surface area contributed by atoms with E-state index in [1.165, 1.54) is 0 Å². The highest BCUT2D eigenvalue weighted by atomic mass is 16.7. The number of nitrogens with zero attached hydrogens (tertiary/aromatic N) is 1. The lowest BCUT2D eigenvalue weighted by molar-refractivity contribution is -0.153. The quantitative estimate of drug-likeness (QED) is 0.886. The van der Waals surface area contributed by atoms with Crippen LogP contribution < -0.4 is 5.32 Å². The van der Waals surface area contributed by atoms with Crippen LogP contribution in [0.2, 0.25) is 0 Å². The molecular formula is C16H21N3O3. The Morgan fingerprint density at radius 2 is 2.23 bits per heavy atom. The van der Waals surface area contributed by atoms with Crippen molar-refractivity contribution >= 4 is 16.8 Å². The molecule has 2 aromatic rings.